The van der Waals surface area contributed by atoms with E-state index < -0.39 is 0 Å². The SMILES string of the molecule is COCCONCCOCCC(C)C. The van der Waals surface area contributed by atoms with Gasteiger partial charge in [-0.2, -0.15) is 0 Å². The summed E-state index contributed by atoms with van der Waals surface area (Å²) in [6.45, 7) is 7.81. The van der Waals surface area contributed by atoms with E-state index in [0.29, 0.717) is 25.7 Å². The minimum Gasteiger partial charge on any atom is -0.382 e. The van der Waals surface area contributed by atoms with Crippen molar-refractivity contribution in [1.29, 1.82) is 0 Å². The normalized spacial score (nSPS) is 11.1. The lowest BCUT2D eigenvalue weighted by Gasteiger charge is -2.07. The quantitative estimate of drug-likeness (QED) is 0.430. The maximum Gasteiger partial charge on any atom is 0.0915 e. The van der Waals surface area contributed by atoms with Gasteiger partial charge in [0.15, 0.2) is 0 Å². The van der Waals surface area contributed by atoms with Crippen molar-refractivity contribution >= 4 is 0 Å². The fraction of sp³-hybridized carbons (Fsp3) is 1.00. The molecule has 0 aliphatic carbocycles. The lowest BCUT2D eigenvalue weighted by molar-refractivity contribution is -0.00612. The standard InChI is InChI=1S/C10H23NO3/c1-10(2)4-6-13-7-5-11-14-9-8-12-3/h10-11H,4-9H2,1-3H3. The molecule has 0 amide bonds. The van der Waals surface area contributed by atoms with Crippen molar-refractivity contribution in [2.24, 2.45) is 5.92 Å². The molecule has 0 bridgehead atoms. The Morgan fingerprint density at radius 2 is 1.86 bits per heavy atom. The summed E-state index contributed by atoms with van der Waals surface area (Å²) in [5.74, 6) is 0.709. The second kappa shape index (κ2) is 10.9. The molecule has 0 aliphatic rings. The van der Waals surface area contributed by atoms with Crippen LogP contribution in [0.5, 0.6) is 0 Å². The molecule has 4 heteroatoms. The highest BCUT2D eigenvalue weighted by molar-refractivity contribution is 4.42. The van der Waals surface area contributed by atoms with Crippen LogP contribution in [0.25, 0.3) is 0 Å². The molecule has 0 fully saturated rings. The van der Waals surface area contributed by atoms with Gasteiger partial charge in [0, 0.05) is 20.3 Å². The van der Waals surface area contributed by atoms with E-state index in [2.05, 4.69) is 19.3 Å². The summed E-state index contributed by atoms with van der Waals surface area (Å²) in [4.78, 5) is 5.05. The van der Waals surface area contributed by atoms with E-state index in [4.69, 9.17) is 14.3 Å². The molecule has 86 valence electrons. The third-order valence-electron chi connectivity index (χ3n) is 1.68. The van der Waals surface area contributed by atoms with Crippen molar-refractivity contribution in [3.8, 4) is 0 Å². The highest BCUT2D eigenvalue weighted by Crippen LogP contribution is 1.97. The van der Waals surface area contributed by atoms with Crippen LogP contribution in [0.2, 0.25) is 0 Å². The zero-order chi connectivity index (χ0) is 10.6. The first-order chi connectivity index (χ1) is 6.77. The third-order valence-corrected chi connectivity index (χ3v) is 1.68. The molecular formula is C10H23NO3. The largest absolute Gasteiger partial charge is 0.382 e. The average Bonchev–Trinajstić information content (AvgIpc) is 2.15. The van der Waals surface area contributed by atoms with Crippen LogP contribution in [0.15, 0.2) is 0 Å². The van der Waals surface area contributed by atoms with Crippen LogP contribution in [0.4, 0.5) is 0 Å². The van der Waals surface area contributed by atoms with E-state index in [9.17, 15) is 0 Å². The number of hydroxylamine groups is 1. The van der Waals surface area contributed by atoms with Crippen LogP contribution in [0, 0.1) is 5.92 Å². The Morgan fingerprint density at radius 3 is 2.50 bits per heavy atom. The van der Waals surface area contributed by atoms with Crippen molar-refractivity contribution in [2.45, 2.75) is 20.3 Å². The Bertz CT molecular complexity index is 110. The number of nitrogens with one attached hydrogen (secondary N) is 1. The van der Waals surface area contributed by atoms with Gasteiger partial charge in [-0.15, -0.1) is 0 Å². The molecule has 0 unspecified atom stereocenters. The molecular weight excluding hydrogens is 182 g/mol. The van der Waals surface area contributed by atoms with Gasteiger partial charge in [0.25, 0.3) is 0 Å². The summed E-state index contributed by atoms with van der Waals surface area (Å²) in [5.41, 5.74) is 2.80. The third kappa shape index (κ3) is 11.8. The summed E-state index contributed by atoms with van der Waals surface area (Å²) in [6.07, 6.45) is 1.12. The van der Waals surface area contributed by atoms with Crippen molar-refractivity contribution in [2.75, 3.05) is 40.1 Å². The lowest BCUT2D eigenvalue weighted by Crippen LogP contribution is -2.22. The highest BCUT2D eigenvalue weighted by Gasteiger charge is 1.93. The van der Waals surface area contributed by atoms with Gasteiger partial charge >= 0.3 is 0 Å². The van der Waals surface area contributed by atoms with Crippen molar-refractivity contribution in [1.82, 2.24) is 5.48 Å². The van der Waals surface area contributed by atoms with E-state index in [0.717, 1.165) is 19.6 Å². The number of hydrogen-bond donors (Lipinski definition) is 1. The van der Waals surface area contributed by atoms with Crippen LogP contribution in [-0.2, 0) is 14.3 Å². The van der Waals surface area contributed by atoms with Crippen LogP contribution >= 0.6 is 0 Å². The van der Waals surface area contributed by atoms with Gasteiger partial charge in [0.05, 0.1) is 19.8 Å². The maximum atomic E-state index is 5.38. The van der Waals surface area contributed by atoms with Crippen molar-refractivity contribution < 1.29 is 14.3 Å². The number of rotatable bonds is 10. The number of methoxy groups -OCH3 is 1. The summed E-state index contributed by atoms with van der Waals surface area (Å²) in [5, 5.41) is 0. The maximum absolute atomic E-state index is 5.38. The number of ether oxygens (including phenoxy) is 2. The van der Waals surface area contributed by atoms with Gasteiger partial charge in [-0.05, 0) is 12.3 Å². The first-order valence-corrected chi connectivity index (χ1v) is 5.18. The first kappa shape index (κ1) is 13.8. The lowest BCUT2D eigenvalue weighted by atomic mass is 10.1. The van der Waals surface area contributed by atoms with Gasteiger partial charge in [0.2, 0.25) is 0 Å². The van der Waals surface area contributed by atoms with E-state index in [1.165, 1.54) is 0 Å². The Kier molecular flexibility index (Phi) is 10.8. The van der Waals surface area contributed by atoms with Crippen molar-refractivity contribution in [3.05, 3.63) is 0 Å². The molecule has 4 nitrogen and oxygen atoms in total. The fourth-order valence-electron chi connectivity index (χ4n) is 0.804. The monoisotopic (exact) mass is 205 g/mol. The molecule has 0 rings (SSSR count). The Morgan fingerprint density at radius 1 is 1.07 bits per heavy atom. The minimum atomic E-state index is 0.572. The zero-order valence-electron chi connectivity index (χ0n) is 9.54. The first-order valence-electron chi connectivity index (χ1n) is 5.18. The summed E-state index contributed by atoms with van der Waals surface area (Å²) >= 11 is 0. The summed E-state index contributed by atoms with van der Waals surface area (Å²) in [6, 6.07) is 0. The smallest absolute Gasteiger partial charge is 0.0915 e. The van der Waals surface area contributed by atoms with Gasteiger partial charge in [-0.3, -0.25) is 4.84 Å². The Labute approximate surface area is 86.9 Å². The molecule has 0 aromatic rings. The molecule has 1 N–H and O–H groups in total. The van der Waals surface area contributed by atoms with Gasteiger partial charge < -0.3 is 9.47 Å². The molecule has 0 saturated heterocycles. The minimum absolute atomic E-state index is 0.572. The molecule has 14 heavy (non-hydrogen) atoms. The second-order valence-corrected chi connectivity index (χ2v) is 3.53. The van der Waals surface area contributed by atoms with Gasteiger partial charge in [-0.1, -0.05) is 13.8 Å². The van der Waals surface area contributed by atoms with E-state index >= 15 is 0 Å². The Hall–Kier alpha value is -0.160. The predicted molar refractivity (Wildman–Crippen MR) is 56.1 cm³/mol. The topological polar surface area (TPSA) is 39.7 Å². The van der Waals surface area contributed by atoms with Gasteiger partial charge in [0.1, 0.15) is 0 Å². The predicted octanol–water partition coefficient (Wildman–Crippen LogP) is 1.22. The van der Waals surface area contributed by atoms with E-state index in [-0.39, 0.29) is 0 Å². The Balaban J connectivity index is 2.85. The van der Waals surface area contributed by atoms with E-state index in [1.807, 2.05) is 0 Å². The molecule has 0 saturated carbocycles. The second-order valence-electron chi connectivity index (χ2n) is 3.53. The molecule has 0 atom stereocenters. The average molecular weight is 205 g/mol. The zero-order valence-corrected chi connectivity index (χ0v) is 9.54. The molecule has 0 aromatic carbocycles. The molecule has 0 heterocycles. The summed E-state index contributed by atoms with van der Waals surface area (Å²) in [7, 11) is 1.65. The van der Waals surface area contributed by atoms with Gasteiger partial charge in [-0.25, -0.2) is 5.48 Å². The molecule has 0 spiro atoms. The molecule has 0 radical (unpaired) electrons. The van der Waals surface area contributed by atoms with E-state index in [1.54, 1.807) is 7.11 Å². The van der Waals surface area contributed by atoms with Crippen LogP contribution < -0.4 is 5.48 Å². The summed E-state index contributed by atoms with van der Waals surface area (Å²) < 4.78 is 10.2. The molecule has 0 aliphatic heterocycles. The number of hydrogen-bond acceptors (Lipinski definition) is 4. The molecule has 0 aromatic heterocycles. The fourth-order valence-corrected chi connectivity index (χ4v) is 0.804. The van der Waals surface area contributed by atoms with Crippen LogP contribution in [-0.4, -0.2) is 40.1 Å². The van der Waals surface area contributed by atoms with Crippen LogP contribution in [0.1, 0.15) is 20.3 Å². The van der Waals surface area contributed by atoms with Crippen molar-refractivity contribution in [3.63, 3.8) is 0 Å². The van der Waals surface area contributed by atoms with Crippen LogP contribution in [0.3, 0.4) is 0 Å². The highest BCUT2D eigenvalue weighted by atomic mass is 16.7.